The Morgan fingerprint density at radius 2 is 2.03 bits per heavy atom. The van der Waals surface area contributed by atoms with Crippen molar-refractivity contribution in [2.45, 2.75) is 26.4 Å². The van der Waals surface area contributed by atoms with Crippen molar-refractivity contribution >= 4 is 33.2 Å². The molecule has 1 aliphatic heterocycles. The molecule has 5 heterocycles. The second-order valence-electron chi connectivity index (χ2n) is 7.45. The van der Waals surface area contributed by atoms with E-state index in [4.69, 9.17) is 9.72 Å². The molecule has 7 nitrogen and oxygen atoms in total. The Morgan fingerprint density at radius 3 is 2.87 bits per heavy atom. The first-order valence-electron chi connectivity index (χ1n) is 9.96. The van der Waals surface area contributed by atoms with Gasteiger partial charge >= 0.3 is 0 Å². The molecule has 0 unspecified atom stereocenters. The van der Waals surface area contributed by atoms with Crippen LogP contribution in [0.2, 0.25) is 0 Å². The average Bonchev–Trinajstić information content (AvgIpc) is 3.37. The highest BCUT2D eigenvalue weighted by Gasteiger charge is 2.17. The minimum atomic E-state index is 0.172. The molecule has 1 saturated heterocycles. The largest absolute Gasteiger partial charge is 0.473 e. The molecular weight excluding hydrogens is 396 g/mol. The number of pyridine rings is 3. The lowest BCUT2D eigenvalue weighted by Crippen LogP contribution is -2.20. The van der Waals surface area contributed by atoms with E-state index in [2.05, 4.69) is 25.6 Å². The Morgan fingerprint density at radius 1 is 1.10 bits per heavy atom. The molecule has 0 aromatic carbocycles. The van der Waals surface area contributed by atoms with Gasteiger partial charge in [-0.05, 0) is 50.6 Å². The van der Waals surface area contributed by atoms with Crippen LogP contribution in [0.5, 0.6) is 5.88 Å². The zero-order valence-corrected chi connectivity index (χ0v) is 17.7. The first kappa shape index (κ1) is 18.9. The van der Waals surface area contributed by atoms with Crippen molar-refractivity contribution in [3.05, 3.63) is 53.9 Å². The van der Waals surface area contributed by atoms with Crippen molar-refractivity contribution in [1.29, 1.82) is 0 Å². The van der Waals surface area contributed by atoms with Crippen LogP contribution in [0.1, 0.15) is 17.7 Å². The Bertz CT molecular complexity index is 1200. The van der Waals surface area contributed by atoms with Crippen LogP contribution in [0.3, 0.4) is 0 Å². The summed E-state index contributed by atoms with van der Waals surface area (Å²) in [6.07, 6.45) is 3.01. The van der Waals surface area contributed by atoms with Crippen LogP contribution in [0, 0.1) is 13.8 Å². The second-order valence-corrected chi connectivity index (χ2v) is 8.48. The molecule has 0 radical (unpaired) electrons. The van der Waals surface area contributed by atoms with Crippen LogP contribution in [0.25, 0.3) is 20.9 Å². The number of fused-ring (bicyclic) bond motifs is 1. The predicted molar refractivity (Wildman–Crippen MR) is 120 cm³/mol. The lowest BCUT2D eigenvalue weighted by atomic mass is 10.3. The maximum atomic E-state index is 6.02. The number of aryl methyl sites for hydroxylation is 2. The fraction of sp³-hybridized carbons (Fsp3) is 0.273. The first-order valence-corrected chi connectivity index (χ1v) is 10.8. The molecular formula is C22H22N6OS. The van der Waals surface area contributed by atoms with Crippen molar-refractivity contribution in [1.82, 2.24) is 25.3 Å². The van der Waals surface area contributed by atoms with Crippen LogP contribution in [0.15, 0.2) is 42.6 Å². The van der Waals surface area contributed by atoms with Gasteiger partial charge in [0.2, 0.25) is 5.88 Å². The van der Waals surface area contributed by atoms with Crippen molar-refractivity contribution in [3.63, 3.8) is 0 Å². The van der Waals surface area contributed by atoms with Gasteiger partial charge in [0.1, 0.15) is 22.7 Å². The molecule has 0 spiro atoms. The highest BCUT2D eigenvalue weighted by molar-refractivity contribution is 7.21. The van der Waals surface area contributed by atoms with Gasteiger partial charge in [0, 0.05) is 30.6 Å². The van der Waals surface area contributed by atoms with Crippen LogP contribution in [-0.4, -0.2) is 39.1 Å². The van der Waals surface area contributed by atoms with Gasteiger partial charge in [-0.3, -0.25) is 4.98 Å². The summed E-state index contributed by atoms with van der Waals surface area (Å²) < 4.78 is 7.04. The van der Waals surface area contributed by atoms with Gasteiger partial charge in [0.25, 0.3) is 0 Å². The summed E-state index contributed by atoms with van der Waals surface area (Å²) in [5, 5.41) is 7.49. The van der Waals surface area contributed by atoms with Crippen LogP contribution in [0.4, 0.5) is 11.6 Å². The van der Waals surface area contributed by atoms with E-state index in [1.165, 1.54) is 0 Å². The maximum Gasteiger partial charge on any atom is 0.215 e. The average molecular weight is 419 g/mol. The highest BCUT2D eigenvalue weighted by atomic mass is 32.1. The minimum Gasteiger partial charge on any atom is -0.473 e. The van der Waals surface area contributed by atoms with E-state index in [1.54, 1.807) is 11.3 Å². The number of hydrogen-bond acceptors (Lipinski definition) is 8. The van der Waals surface area contributed by atoms with E-state index in [-0.39, 0.29) is 6.10 Å². The lowest BCUT2D eigenvalue weighted by molar-refractivity contribution is 0.214. The summed E-state index contributed by atoms with van der Waals surface area (Å²) in [7, 11) is 0. The van der Waals surface area contributed by atoms with Gasteiger partial charge in [-0.1, -0.05) is 6.07 Å². The van der Waals surface area contributed by atoms with Gasteiger partial charge in [0.15, 0.2) is 0 Å². The van der Waals surface area contributed by atoms with Gasteiger partial charge in [-0.25, -0.2) is 9.97 Å². The van der Waals surface area contributed by atoms with Gasteiger partial charge in [0.05, 0.1) is 15.9 Å². The van der Waals surface area contributed by atoms with Crippen LogP contribution < -0.4 is 15.4 Å². The third kappa shape index (κ3) is 4.10. The second kappa shape index (κ2) is 7.97. The number of hydrogen-bond donors (Lipinski definition) is 2. The maximum absolute atomic E-state index is 6.02. The third-order valence-electron chi connectivity index (χ3n) is 4.89. The summed E-state index contributed by atoms with van der Waals surface area (Å²) in [6.45, 7) is 5.86. The Kier molecular flexibility index (Phi) is 5.02. The predicted octanol–water partition coefficient (Wildman–Crippen LogP) is 4.25. The Hall–Kier alpha value is -3.10. The smallest absolute Gasteiger partial charge is 0.215 e. The fourth-order valence-corrected chi connectivity index (χ4v) is 4.35. The summed E-state index contributed by atoms with van der Waals surface area (Å²) in [6, 6.07) is 11.8. The Labute approximate surface area is 178 Å². The van der Waals surface area contributed by atoms with Gasteiger partial charge < -0.3 is 15.4 Å². The quantitative estimate of drug-likeness (QED) is 0.501. The van der Waals surface area contributed by atoms with Gasteiger partial charge in [-0.15, -0.1) is 11.3 Å². The molecule has 1 fully saturated rings. The van der Waals surface area contributed by atoms with Crippen LogP contribution >= 0.6 is 11.3 Å². The number of nitrogens with zero attached hydrogens (tertiary/aromatic N) is 4. The lowest BCUT2D eigenvalue weighted by Gasteiger charge is -2.13. The van der Waals surface area contributed by atoms with E-state index in [0.29, 0.717) is 17.5 Å². The standard InChI is InChI=1S/C22H22N6OS/c1-13-8-20(28-21(9-13)29-15-6-7-23-11-15)27-19-10-17-18(12-24-19)30-22(26-17)16-5-3-4-14(2)25-16/h3-5,8-10,12,15,23H,6-7,11H2,1-2H3,(H,24,27,28)/t15-/m0/s1. The van der Waals surface area contributed by atoms with Crippen molar-refractivity contribution in [2.75, 3.05) is 18.4 Å². The van der Waals surface area contributed by atoms with Crippen molar-refractivity contribution in [3.8, 4) is 16.6 Å². The van der Waals surface area contributed by atoms with Gasteiger partial charge in [-0.2, -0.15) is 4.98 Å². The van der Waals surface area contributed by atoms with Crippen molar-refractivity contribution < 1.29 is 4.74 Å². The molecule has 0 amide bonds. The molecule has 2 N–H and O–H groups in total. The monoisotopic (exact) mass is 418 g/mol. The summed E-state index contributed by atoms with van der Waals surface area (Å²) in [4.78, 5) is 18.5. The number of rotatable bonds is 5. The molecule has 8 heteroatoms. The minimum absolute atomic E-state index is 0.172. The molecule has 30 heavy (non-hydrogen) atoms. The topological polar surface area (TPSA) is 84.9 Å². The molecule has 1 atom stereocenters. The molecule has 1 aliphatic rings. The normalized spacial score (nSPS) is 16.1. The zero-order chi connectivity index (χ0) is 20.5. The molecule has 0 aliphatic carbocycles. The van der Waals surface area contributed by atoms with E-state index in [9.17, 15) is 0 Å². The molecule has 0 bridgehead atoms. The summed E-state index contributed by atoms with van der Waals surface area (Å²) in [5.41, 5.74) is 3.83. The van der Waals surface area contributed by atoms with Crippen LogP contribution in [-0.2, 0) is 0 Å². The third-order valence-corrected chi connectivity index (χ3v) is 5.92. The molecule has 5 rings (SSSR count). The SMILES string of the molecule is Cc1cc(Nc2cc3nc(-c4cccc(C)n4)sc3cn2)nc(O[C@H]2CCNC2)c1. The zero-order valence-electron chi connectivity index (χ0n) is 16.8. The molecule has 4 aromatic heterocycles. The number of ether oxygens (including phenoxy) is 1. The Balaban J connectivity index is 1.39. The fourth-order valence-electron chi connectivity index (χ4n) is 3.47. The highest BCUT2D eigenvalue weighted by Crippen LogP contribution is 2.30. The molecule has 4 aromatic rings. The first-order chi connectivity index (χ1) is 14.6. The number of thiazole rings is 1. The van der Waals surface area contributed by atoms with Crippen molar-refractivity contribution in [2.24, 2.45) is 0 Å². The van der Waals surface area contributed by atoms with E-state index >= 15 is 0 Å². The van der Waals surface area contributed by atoms with E-state index in [0.717, 1.165) is 51.7 Å². The summed E-state index contributed by atoms with van der Waals surface area (Å²) >= 11 is 1.59. The summed E-state index contributed by atoms with van der Waals surface area (Å²) in [5.74, 6) is 2.04. The molecule has 152 valence electrons. The molecule has 0 saturated carbocycles. The van der Waals surface area contributed by atoms with E-state index in [1.807, 2.05) is 56.4 Å². The van der Waals surface area contributed by atoms with E-state index < -0.39 is 0 Å². The number of aromatic nitrogens is 4. The number of anilines is 2. The number of nitrogens with one attached hydrogen (secondary N) is 2.